The summed E-state index contributed by atoms with van der Waals surface area (Å²) in [5.41, 5.74) is 1.65. The molecule has 2 aromatic heterocycles. The van der Waals surface area contributed by atoms with Gasteiger partial charge in [-0.05, 0) is 29.6 Å². The summed E-state index contributed by atoms with van der Waals surface area (Å²) in [7, 11) is 0. The maximum absolute atomic E-state index is 13.8. The number of carbonyl (C=O) groups excluding carboxylic acids is 2. The van der Waals surface area contributed by atoms with E-state index in [1.807, 2.05) is 53.9 Å². The molecule has 8 heteroatoms. The van der Waals surface area contributed by atoms with Crippen molar-refractivity contribution in [3.8, 4) is 9.88 Å². The first-order valence-corrected chi connectivity index (χ1v) is 12.2. The molecule has 6 rings (SSSR count). The zero-order chi connectivity index (χ0) is 21.9. The molecule has 2 aromatic carbocycles. The summed E-state index contributed by atoms with van der Waals surface area (Å²) < 4.78 is 0. The highest BCUT2D eigenvalue weighted by Crippen LogP contribution is 2.50. The fourth-order valence-corrected chi connectivity index (χ4v) is 6.48. The second-order valence-corrected chi connectivity index (χ2v) is 9.90. The van der Waals surface area contributed by atoms with Crippen LogP contribution < -0.4 is 0 Å². The number of halogens is 1. The van der Waals surface area contributed by atoms with Gasteiger partial charge < -0.3 is 9.80 Å². The highest BCUT2D eigenvalue weighted by atomic mass is 35.5. The number of thiazole rings is 1. The molecule has 1 fully saturated rings. The molecule has 4 aromatic rings. The number of aromatic nitrogens is 1. The molecule has 4 heterocycles. The van der Waals surface area contributed by atoms with E-state index < -0.39 is 5.66 Å². The number of fused-ring (bicyclic) bond motifs is 3. The monoisotopic (exact) mass is 477 g/mol. The Hall–Kier alpha value is -3.00. The van der Waals surface area contributed by atoms with Gasteiger partial charge >= 0.3 is 0 Å². The van der Waals surface area contributed by atoms with E-state index in [0.717, 1.165) is 21.0 Å². The van der Waals surface area contributed by atoms with Gasteiger partial charge in [0.05, 0.1) is 4.88 Å². The fraction of sp³-hybridized carbons (Fsp3) is 0.125. The van der Waals surface area contributed by atoms with Crippen LogP contribution in [0.2, 0.25) is 5.02 Å². The van der Waals surface area contributed by atoms with Crippen LogP contribution in [0, 0.1) is 0 Å². The summed E-state index contributed by atoms with van der Waals surface area (Å²) in [6.45, 7) is 0.872. The summed E-state index contributed by atoms with van der Waals surface area (Å²) in [6.07, 6.45) is 0. The Bertz CT molecular complexity index is 1350. The number of benzene rings is 2. The molecule has 0 aliphatic carbocycles. The van der Waals surface area contributed by atoms with Crippen LogP contribution in [-0.4, -0.2) is 39.7 Å². The Labute approximate surface area is 197 Å². The van der Waals surface area contributed by atoms with Crippen molar-refractivity contribution in [2.45, 2.75) is 5.66 Å². The van der Waals surface area contributed by atoms with Gasteiger partial charge in [-0.1, -0.05) is 48.0 Å². The van der Waals surface area contributed by atoms with Crippen LogP contribution in [0.5, 0.6) is 0 Å². The average molecular weight is 478 g/mol. The van der Waals surface area contributed by atoms with Crippen molar-refractivity contribution in [1.29, 1.82) is 0 Å². The van der Waals surface area contributed by atoms with Crippen molar-refractivity contribution in [2.24, 2.45) is 0 Å². The maximum atomic E-state index is 13.8. The predicted molar refractivity (Wildman–Crippen MR) is 126 cm³/mol. The van der Waals surface area contributed by atoms with Crippen molar-refractivity contribution in [3.05, 3.63) is 98.8 Å². The molecule has 1 saturated heterocycles. The Balaban J connectivity index is 1.51. The van der Waals surface area contributed by atoms with Gasteiger partial charge in [-0.2, -0.15) is 0 Å². The maximum Gasteiger partial charge on any atom is 0.275 e. The lowest BCUT2D eigenvalue weighted by molar-refractivity contribution is 0.0372. The van der Waals surface area contributed by atoms with Crippen LogP contribution in [-0.2, 0) is 5.66 Å². The van der Waals surface area contributed by atoms with Gasteiger partial charge in [0, 0.05) is 40.2 Å². The Morgan fingerprint density at radius 2 is 1.81 bits per heavy atom. The molecule has 5 nitrogen and oxygen atoms in total. The second kappa shape index (κ2) is 7.27. The lowest BCUT2D eigenvalue weighted by atomic mass is 9.89. The van der Waals surface area contributed by atoms with Crippen molar-refractivity contribution >= 4 is 46.1 Å². The van der Waals surface area contributed by atoms with E-state index in [0.29, 0.717) is 29.4 Å². The van der Waals surface area contributed by atoms with E-state index in [1.165, 1.54) is 11.3 Å². The van der Waals surface area contributed by atoms with E-state index in [1.54, 1.807) is 38.6 Å². The van der Waals surface area contributed by atoms with E-state index in [9.17, 15) is 9.59 Å². The van der Waals surface area contributed by atoms with E-state index in [2.05, 4.69) is 4.98 Å². The molecule has 0 spiro atoms. The number of thiophene rings is 1. The first-order valence-electron chi connectivity index (χ1n) is 10.1. The molecule has 0 radical (unpaired) electrons. The summed E-state index contributed by atoms with van der Waals surface area (Å²) in [5.74, 6) is -0.255. The molecule has 1 atom stereocenters. The SMILES string of the molecule is O=C(c1csc(-c2cccs2)n1)N1CCN2C(=O)c3ccccc3C12c1ccc(Cl)cc1. The summed E-state index contributed by atoms with van der Waals surface area (Å²) in [5, 5.41) is 5.22. The Morgan fingerprint density at radius 3 is 2.59 bits per heavy atom. The van der Waals surface area contributed by atoms with Gasteiger partial charge in [0.2, 0.25) is 0 Å². The van der Waals surface area contributed by atoms with Crippen molar-refractivity contribution in [2.75, 3.05) is 13.1 Å². The topological polar surface area (TPSA) is 53.5 Å². The average Bonchev–Trinajstić information content (AvgIpc) is 3.60. The number of nitrogens with zero attached hydrogens (tertiary/aromatic N) is 3. The third-order valence-corrected chi connectivity index (χ3v) is 8.19. The van der Waals surface area contributed by atoms with Gasteiger partial charge in [0.1, 0.15) is 10.7 Å². The third-order valence-electron chi connectivity index (χ3n) is 6.05. The van der Waals surface area contributed by atoms with Crippen LogP contribution in [0.25, 0.3) is 9.88 Å². The number of hydrogen-bond donors (Lipinski definition) is 0. The molecule has 2 aliphatic heterocycles. The largest absolute Gasteiger partial charge is 0.306 e. The molecular weight excluding hydrogens is 462 g/mol. The lowest BCUT2D eigenvalue weighted by Crippen LogP contribution is -2.51. The standard InChI is InChI=1S/C24H16ClN3O2S2/c25-16-9-7-15(8-10-16)24-18-5-2-1-4-17(18)22(29)27(24)11-12-28(24)23(30)19-14-32-21(26-19)20-6-3-13-31-20/h1-10,13-14H,11-12H2. The van der Waals surface area contributed by atoms with Crippen molar-refractivity contribution in [3.63, 3.8) is 0 Å². The van der Waals surface area contributed by atoms with E-state index >= 15 is 0 Å². The third kappa shape index (κ3) is 2.65. The van der Waals surface area contributed by atoms with Gasteiger partial charge in [0.25, 0.3) is 11.8 Å². The number of amides is 2. The van der Waals surface area contributed by atoms with Gasteiger partial charge in [0.15, 0.2) is 5.66 Å². The minimum absolute atomic E-state index is 0.0663. The zero-order valence-corrected chi connectivity index (χ0v) is 19.1. The molecule has 0 bridgehead atoms. The van der Waals surface area contributed by atoms with Gasteiger partial charge in [-0.15, -0.1) is 22.7 Å². The first-order chi connectivity index (χ1) is 15.6. The number of rotatable bonds is 3. The first kappa shape index (κ1) is 19.7. The molecule has 158 valence electrons. The van der Waals surface area contributed by atoms with Crippen LogP contribution >= 0.6 is 34.3 Å². The summed E-state index contributed by atoms with van der Waals surface area (Å²) in [6, 6.07) is 18.9. The van der Waals surface area contributed by atoms with Gasteiger partial charge in [-0.3, -0.25) is 9.59 Å². The van der Waals surface area contributed by atoms with Crippen molar-refractivity contribution in [1.82, 2.24) is 14.8 Å². The van der Waals surface area contributed by atoms with Crippen LogP contribution in [0.1, 0.15) is 32.0 Å². The Morgan fingerprint density at radius 1 is 1.00 bits per heavy atom. The lowest BCUT2D eigenvalue weighted by Gasteiger charge is -2.40. The molecule has 0 saturated carbocycles. The quantitative estimate of drug-likeness (QED) is 0.400. The highest BCUT2D eigenvalue weighted by Gasteiger charge is 2.59. The van der Waals surface area contributed by atoms with Crippen molar-refractivity contribution < 1.29 is 9.59 Å². The smallest absolute Gasteiger partial charge is 0.275 e. The van der Waals surface area contributed by atoms with E-state index in [4.69, 9.17) is 11.6 Å². The molecule has 2 amide bonds. The molecule has 0 N–H and O–H groups in total. The van der Waals surface area contributed by atoms with Crippen LogP contribution in [0.3, 0.4) is 0 Å². The number of carbonyl (C=O) groups is 2. The normalized spacial score (nSPS) is 19.3. The zero-order valence-electron chi connectivity index (χ0n) is 16.7. The minimum Gasteiger partial charge on any atom is -0.306 e. The highest BCUT2D eigenvalue weighted by molar-refractivity contribution is 7.20. The predicted octanol–water partition coefficient (Wildman–Crippen LogP) is 5.34. The number of hydrogen-bond acceptors (Lipinski definition) is 5. The van der Waals surface area contributed by atoms with E-state index in [-0.39, 0.29) is 11.8 Å². The van der Waals surface area contributed by atoms with Crippen LogP contribution in [0.4, 0.5) is 0 Å². The van der Waals surface area contributed by atoms with Crippen LogP contribution in [0.15, 0.2) is 71.4 Å². The summed E-state index contributed by atoms with van der Waals surface area (Å²) in [4.78, 5) is 36.4. The second-order valence-electron chi connectivity index (χ2n) is 7.65. The molecule has 32 heavy (non-hydrogen) atoms. The summed E-state index contributed by atoms with van der Waals surface area (Å²) >= 11 is 9.22. The molecular formula is C24H16ClN3O2S2. The fourth-order valence-electron chi connectivity index (χ4n) is 4.75. The Kier molecular flexibility index (Phi) is 4.47. The molecule has 2 aliphatic rings. The van der Waals surface area contributed by atoms with Gasteiger partial charge in [-0.25, -0.2) is 4.98 Å². The minimum atomic E-state index is -1.01. The molecule has 1 unspecified atom stereocenters.